The zero-order valence-electron chi connectivity index (χ0n) is 12.8. The van der Waals surface area contributed by atoms with Gasteiger partial charge in [0.1, 0.15) is 16.9 Å². The predicted octanol–water partition coefficient (Wildman–Crippen LogP) is 3.48. The van der Waals surface area contributed by atoms with Gasteiger partial charge in [-0.3, -0.25) is 10.2 Å². The molecular weight excluding hydrogens is 292 g/mol. The van der Waals surface area contributed by atoms with Gasteiger partial charge in [0, 0.05) is 17.1 Å². The Bertz CT molecular complexity index is 944. The van der Waals surface area contributed by atoms with Crippen molar-refractivity contribution in [3.63, 3.8) is 0 Å². The molecule has 0 aliphatic carbocycles. The second kappa shape index (κ2) is 5.96. The van der Waals surface area contributed by atoms with Gasteiger partial charge in [-0.2, -0.15) is 0 Å². The van der Waals surface area contributed by atoms with Crippen LogP contribution in [0.5, 0.6) is 5.75 Å². The number of fused-ring (bicyclic) bond motifs is 1. The topological polar surface area (TPSA) is 75.3 Å². The summed E-state index contributed by atoms with van der Waals surface area (Å²) in [5.74, 6) is 0.267. The zero-order chi connectivity index (χ0) is 16.4. The third kappa shape index (κ3) is 2.94. The number of carbonyl (C=O) groups excluding carboxylic acids is 1. The van der Waals surface area contributed by atoms with Crippen molar-refractivity contribution in [3.05, 3.63) is 65.2 Å². The Kier molecular flexibility index (Phi) is 3.85. The Labute approximate surface area is 133 Å². The van der Waals surface area contributed by atoms with E-state index in [1.54, 1.807) is 31.4 Å². The smallest absolute Gasteiger partial charge is 0.261 e. The quantitative estimate of drug-likeness (QED) is 0.777. The van der Waals surface area contributed by atoms with Crippen LogP contribution in [0.25, 0.3) is 11.0 Å². The van der Waals surface area contributed by atoms with Crippen LogP contribution in [0.3, 0.4) is 0 Å². The molecule has 3 rings (SSSR count). The molecule has 0 unspecified atom stereocenters. The monoisotopic (exact) mass is 308 g/mol. The van der Waals surface area contributed by atoms with Crippen molar-refractivity contribution in [2.75, 3.05) is 12.4 Å². The van der Waals surface area contributed by atoms with Crippen LogP contribution in [0.2, 0.25) is 0 Å². The molecule has 0 fully saturated rings. The Hall–Kier alpha value is -3.08. The highest BCUT2D eigenvalue weighted by molar-refractivity contribution is 6.05. The number of aryl methyl sites for hydroxylation is 1. The van der Waals surface area contributed by atoms with Crippen LogP contribution in [0.15, 0.2) is 52.9 Å². The third-order valence-electron chi connectivity index (χ3n) is 3.62. The fourth-order valence-corrected chi connectivity index (χ4v) is 2.31. The number of rotatable bonds is 3. The molecule has 2 N–H and O–H groups in total. The third-order valence-corrected chi connectivity index (χ3v) is 3.62. The van der Waals surface area contributed by atoms with Crippen LogP contribution in [-0.2, 0) is 0 Å². The maximum absolute atomic E-state index is 12.4. The number of benzene rings is 2. The van der Waals surface area contributed by atoms with Crippen LogP contribution in [0.4, 0.5) is 5.69 Å². The number of anilines is 1. The molecule has 0 saturated carbocycles. The molecule has 0 aliphatic rings. The average molecular weight is 308 g/mol. The van der Waals surface area contributed by atoms with Crippen LogP contribution in [0.1, 0.15) is 15.9 Å². The molecule has 5 nitrogen and oxygen atoms in total. The molecule has 5 heteroatoms. The Morgan fingerprint density at radius 3 is 2.70 bits per heavy atom. The van der Waals surface area contributed by atoms with Crippen molar-refractivity contribution in [2.45, 2.75) is 6.92 Å². The standard InChI is InChI=1S/C18H16N2O3/c1-11-5-3-4-6-15(11)20-18(21)14-9-12-7-8-13(22-2)10-16(12)23-17(14)19/h3-10,19H,1-2H3,(H,20,21). The minimum Gasteiger partial charge on any atom is -0.497 e. The van der Waals surface area contributed by atoms with Gasteiger partial charge < -0.3 is 14.5 Å². The van der Waals surface area contributed by atoms with E-state index in [4.69, 9.17) is 14.6 Å². The van der Waals surface area contributed by atoms with Crippen molar-refractivity contribution < 1.29 is 13.9 Å². The largest absolute Gasteiger partial charge is 0.497 e. The summed E-state index contributed by atoms with van der Waals surface area (Å²) in [6.07, 6.45) is 0. The molecule has 0 atom stereocenters. The van der Waals surface area contributed by atoms with Gasteiger partial charge in [-0.25, -0.2) is 0 Å². The van der Waals surface area contributed by atoms with Gasteiger partial charge in [0.15, 0.2) is 0 Å². The molecule has 0 saturated heterocycles. The summed E-state index contributed by atoms with van der Waals surface area (Å²) in [6.45, 7) is 1.91. The van der Waals surface area contributed by atoms with E-state index in [-0.39, 0.29) is 17.0 Å². The van der Waals surface area contributed by atoms with Gasteiger partial charge in [-0.1, -0.05) is 18.2 Å². The van der Waals surface area contributed by atoms with Gasteiger partial charge in [0.25, 0.3) is 5.91 Å². The van der Waals surface area contributed by atoms with Gasteiger partial charge in [0.2, 0.25) is 5.55 Å². The summed E-state index contributed by atoms with van der Waals surface area (Å²) in [6, 6.07) is 14.4. The number of hydrogen-bond donors (Lipinski definition) is 2. The van der Waals surface area contributed by atoms with E-state index >= 15 is 0 Å². The predicted molar refractivity (Wildman–Crippen MR) is 87.8 cm³/mol. The summed E-state index contributed by atoms with van der Waals surface area (Å²) < 4.78 is 10.6. The molecule has 0 spiro atoms. The van der Waals surface area contributed by atoms with Crippen molar-refractivity contribution in [3.8, 4) is 5.75 Å². The molecule has 0 aliphatic heterocycles. The van der Waals surface area contributed by atoms with Crippen LogP contribution < -0.4 is 15.6 Å². The van der Waals surface area contributed by atoms with Gasteiger partial charge in [-0.15, -0.1) is 0 Å². The molecule has 3 aromatic rings. The molecule has 0 radical (unpaired) electrons. The molecule has 1 aromatic heterocycles. The van der Waals surface area contributed by atoms with Crippen LogP contribution in [-0.4, -0.2) is 13.0 Å². The van der Waals surface area contributed by atoms with E-state index in [1.807, 2.05) is 31.2 Å². The first-order chi connectivity index (χ1) is 11.1. The molecule has 0 bridgehead atoms. The summed E-state index contributed by atoms with van der Waals surface area (Å²) in [4.78, 5) is 12.4. The lowest BCUT2D eigenvalue weighted by Crippen LogP contribution is -2.21. The summed E-state index contributed by atoms with van der Waals surface area (Å²) in [7, 11) is 1.56. The Balaban J connectivity index is 1.99. The Morgan fingerprint density at radius 2 is 1.96 bits per heavy atom. The SMILES string of the molecule is COc1ccc2cc(C(=O)Nc3ccccc3C)c(=N)oc2c1. The number of nitrogens with one attached hydrogen (secondary N) is 2. The highest BCUT2D eigenvalue weighted by atomic mass is 16.5. The maximum Gasteiger partial charge on any atom is 0.261 e. The molecule has 1 heterocycles. The molecular formula is C18H16N2O3. The average Bonchev–Trinajstić information content (AvgIpc) is 2.55. The number of amides is 1. The van der Waals surface area contributed by atoms with Crippen LogP contribution in [0, 0.1) is 12.3 Å². The number of carbonyl (C=O) groups is 1. The van der Waals surface area contributed by atoms with Crippen molar-refractivity contribution >= 4 is 22.6 Å². The normalized spacial score (nSPS) is 10.5. The fraction of sp³-hybridized carbons (Fsp3) is 0.111. The fourth-order valence-electron chi connectivity index (χ4n) is 2.31. The van der Waals surface area contributed by atoms with E-state index in [0.29, 0.717) is 17.0 Å². The highest BCUT2D eigenvalue weighted by Gasteiger charge is 2.13. The minimum atomic E-state index is -0.370. The Morgan fingerprint density at radius 1 is 1.17 bits per heavy atom. The van der Waals surface area contributed by atoms with E-state index in [2.05, 4.69) is 5.32 Å². The lowest BCUT2D eigenvalue weighted by atomic mass is 10.1. The minimum absolute atomic E-state index is 0.183. The summed E-state index contributed by atoms with van der Waals surface area (Å²) in [5.41, 5.74) is 2.17. The number of ether oxygens (including phenoxy) is 1. The second-order valence-corrected chi connectivity index (χ2v) is 5.16. The van der Waals surface area contributed by atoms with Crippen LogP contribution >= 0.6 is 0 Å². The molecule has 1 amide bonds. The van der Waals surface area contributed by atoms with Crippen molar-refractivity contribution in [1.29, 1.82) is 5.41 Å². The van der Waals surface area contributed by atoms with E-state index in [9.17, 15) is 4.79 Å². The van der Waals surface area contributed by atoms with Gasteiger partial charge in [-0.05, 0) is 36.8 Å². The highest BCUT2D eigenvalue weighted by Crippen LogP contribution is 2.21. The van der Waals surface area contributed by atoms with E-state index in [0.717, 1.165) is 10.9 Å². The van der Waals surface area contributed by atoms with Crippen molar-refractivity contribution in [2.24, 2.45) is 0 Å². The summed E-state index contributed by atoms with van der Waals surface area (Å²) in [5, 5.41) is 11.5. The first-order valence-electron chi connectivity index (χ1n) is 7.12. The lowest BCUT2D eigenvalue weighted by Gasteiger charge is -2.09. The van der Waals surface area contributed by atoms with Gasteiger partial charge >= 0.3 is 0 Å². The molecule has 116 valence electrons. The lowest BCUT2D eigenvalue weighted by molar-refractivity contribution is 0.102. The second-order valence-electron chi connectivity index (χ2n) is 5.16. The first-order valence-corrected chi connectivity index (χ1v) is 7.12. The summed E-state index contributed by atoms with van der Waals surface area (Å²) >= 11 is 0. The van der Waals surface area contributed by atoms with Gasteiger partial charge in [0.05, 0.1) is 7.11 Å². The maximum atomic E-state index is 12.4. The van der Waals surface area contributed by atoms with Crippen molar-refractivity contribution in [1.82, 2.24) is 0 Å². The number of para-hydroxylation sites is 1. The van der Waals surface area contributed by atoms with E-state index in [1.165, 1.54) is 0 Å². The molecule has 23 heavy (non-hydrogen) atoms. The zero-order valence-corrected chi connectivity index (χ0v) is 12.8. The number of hydrogen-bond acceptors (Lipinski definition) is 4. The first kappa shape index (κ1) is 14.8. The number of methoxy groups -OCH3 is 1. The van der Waals surface area contributed by atoms with E-state index < -0.39 is 0 Å². The molecule has 2 aromatic carbocycles.